The highest BCUT2D eigenvalue weighted by molar-refractivity contribution is 5.82. The van der Waals surface area contributed by atoms with Crippen LogP contribution in [0.25, 0.3) is 0 Å². The van der Waals surface area contributed by atoms with Crippen LogP contribution in [0.4, 0.5) is 4.79 Å². The zero-order chi connectivity index (χ0) is 14.4. The van der Waals surface area contributed by atoms with Gasteiger partial charge in [-0.2, -0.15) is 4.98 Å². The first-order chi connectivity index (χ1) is 8.90. The molecule has 8 nitrogen and oxygen atoms in total. The number of hydrogen-bond donors (Lipinski definition) is 3. The average molecular weight is 270 g/mol. The zero-order valence-corrected chi connectivity index (χ0v) is 11.1. The van der Waals surface area contributed by atoms with Gasteiger partial charge in [-0.25, -0.2) is 9.59 Å². The maximum absolute atomic E-state index is 11.5. The van der Waals surface area contributed by atoms with E-state index in [0.29, 0.717) is 24.7 Å². The summed E-state index contributed by atoms with van der Waals surface area (Å²) in [6.07, 6.45) is 0.421. The molecule has 19 heavy (non-hydrogen) atoms. The summed E-state index contributed by atoms with van der Waals surface area (Å²) in [4.78, 5) is 26.4. The number of aromatic nitrogens is 2. The lowest BCUT2D eigenvalue weighted by Gasteiger charge is -2.18. The first-order valence-corrected chi connectivity index (χ1v) is 5.96. The first-order valence-electron chi connectivity index (χ1n) is 5.96. The summed E-state index contributed by atoms with van der Waals surface area (Å²) in [5.74, 6) is -0.288. The molecule has 0 unspecified atom stereocenters. The Labute approximate surface area is 110 Å². The minimum absolute atomic E-state index is 0.192. The standard InChI is InChI=1S/C11H18N4O4/c1-6(2)9(10(16)17)14-11(18)12-5-4-8-13-7(3)19-15-8/h6,9H,4-5H2,1-3H3,(H,16,17)(H2,12,14,18)/t9-/m0/s1. The number of amides is 2. The lowest BCUT2D eigenvalue weighted by molar-refractivity contribution is -0.140. The van der Waals surface area contributed by atoms with Crippen molar-refractivity contribution in [3.63, 3.8) is 0 Å². The van der Waals surface area contributed by atoms with Crippen LogP contribution >= 0.6 is 0 Å². The largest absolute Gasteiger partial charge is 0.480 e. The fraction of sp³-hybridized carbons (Fsp3) is 0.636. The Morgan fingerprint density at radius 3 is 2.58 bits per heavy atom. The molecule has 8 heteroatoms. The van der Waals surface area contributed by atoms with Crippen LogP contribution < -0.4 is 10.6 Å². The lowest BCUT2D eigenvalue weighted by Crippen LogP contribution is -2.48. The number of rotatable bonds is 6. The summed E-state index contributed by atoms with van der Waals surface area (Å²) >= 11 is 0. The minimum Gasteiger partial charge on any atom is -0.480 e. The van der Waals surface area contributed by atoms with Gasteiger partial charge in [0.25, 0.3) is 0 Å². The number of aliphatic carboxylic acids is 1. The number of carbonyl (C=O) groups excluding carboxylic acids is 1. The van der Waals surface area contributed by atoms with Crippen LogP contribution in [0.15, 0.2) is 4.52 Å². The van der Waals surface area contributed by atoms with Gasteiger partial charge in [0.05, 0.1) is 0 Å². The van der Waals surface area contributed by atoms with Crippen molar-refractivity contribution in [1.82, 2.24) is 20.8 Å². The van der Waals surface area contributed by atoms with E-state index >= 15 is 0 Å². The molecule has 1 aromatic heterocycles. The molecule has 3 N–H and O–H groups in total. The number of hydrogen-bond acceptors (Lipinski definition) is 5. The number of nitrogens with one attached hydrogen (secondary N) is 2. The molecular formula is C11H18N4O4. The third-order valence-corrected chi connectivity index (χ3v) is 2.42. The predicted molar refractivity (Wildman–Crippen MR) is 65.5 cm³/mol. The van der Waals surface area contributed by atoms with Crippen molar-refractivity contribution < 1.29 is 19.2 Å². The smallest absolute Gasteiger partial charge is 0.326 e. The summed E-state index contributed by atoms with van der Waals surface area (Å²) in [7, 11) is 0. The Bertz CT molecular complexity index is 444. The molecule has 0 saturated heterocycles. The molecule has 0 saturated carbocycles. The SMILES string of the molecule is Cc1nc(CCNC(=O)N[C@H](C(=O)O)C(C)C)no1. The van der Waals surface area contributed by atoms with E-state index in [9.17, 15) is 9.59 Å². The topological polar surface area (TPSA) is 117 Å². The van der Waals surface area contributed by atoms with Gasteiger partial charge in [-0.05, 0) is 5.92 Å². The van der Waals surface area contributed by atoms with Crippen LogP contribution in [0.5, 0.6) is 0 Å². The summed E-state index contributed by atoms with van der Waals surface area (Å²) in [6, 6.07) is -1.44. The number of carboxylic acids is 1. The molecule has 1 heterocycles. The molecule has 1 aromatic rings. The Balaban J connectivity index is 2.33. The maximum Gasteiger partial charge on any atom is 0.326 e. The highest BCUT2D eigenvalue weighted by Crippen LogP contribution is 2.01. The summed E-state index contributed by atoms with van der Waals surface area (Å²) < 4.78 is 4.78. The molecule has 0 fully saturated rings. The van der Waals surface area contributed by atoms with Crippen molar-refractivity contribution in [2.45, 2.75) is 33.2 Å². The molecule has 1 atom stereocenters. The monoisotopic (exact) mass is 270 g/mol. The third-order valence-electron chi connectivity index (χ3n) is 2.42. The molecule has 0 aromatic carbocycles. The number of carboxylic acid groups (broad SMARTS) is 1. The molecule has 0 aliphatic rings. The molecular weight excluding hydrogens is 252 g/mol. The second-order valence-corrected chi connectivity index (χ2v) is 4.44. The van der Waals surface area contributed by atoms with Gasteiger partial charge in [-0.3, -0.25) is 0 Å². The number of nitrogens with zero attached hydrogens (tertiary/aromatic N) is 2. The number of carbonyl (C=O) groups is 2. The number of aryl methyl sites for hydroxylation is 1. The van der Waals surface area contributed by atoms with E-state index in [4.69, 9.17) is 9.63 Å². The highest BCUT2D eigenvalue weighted by Gasteiger charge is 2.23. The normalized spacial score (nSPS) is 12.2. The molecule has 0 bridgehead atoms. The Morgan fingerprint density at radius 1 is 1.42 bits per heavy atom. The van der Waals surface area contributed by atoms with Gasteiger partial charge in [0.1, 0.15) is 6.04 Å². The molecule has 106 valence electrons. The second-order valence-electron chi connectivity index (χ2n) is 4.44. The third kappa shape index (κ3) is 4.94. The van der Waals surface area contributed by atoms with E-state index in [2.05, 4.69) is 20.8 Å². The van der Waals surface area contributed by atoms with Gasteiger partial charge in [-0.1, -0.05) is 19.0 Å². The van der Waals surface area contributed by atoms with E-state index in [-0.39, 0.29) is 5.92 Å². The lowest BCUT2D eigenvalue weighted by atomic mass is 10.1. The average Bonchev–Trinajstić information content (AvgIpc) is 2.71. The van der Waals surface area contributed by atoms with Crippen molar-refractivity contribution in [2.75, 3.05) is 6.54 Å². The zero-order valence-electron chi connectivity index (χ0n) is 11.1. The van der Waals surface area contributed by atoms with Gasteiger partial charge in [0, 0.05) is 19.9 Å². The van der Waals surface area contributed by atoms with Crippen molar-refractivity contribution in [2.24, 2.45) is 5.92 Å². The fourth-order valence-electron chi connectivity index (χ4n) is 1.44. The first kappa shape index (κ1) is 14.9. The van der Waals surface area contributed by atoms with Crippen molar-refractivity contribution in [3.05, 3.63) is 11.7 Å². The second kappa shape index (κ2) is 6.72. The predicted octanol–water partition coefficient (Wildman–Crippen LogP) is 0.329. The highest BCUT2D eigenvalue weighted by atomic mass is 16.5. The van der Waals surface area contributed by atoms with Gasteiger partial charge in [0.15, 0.2) is 5.82 Å². The van der Waals surface area contributed by atoms with Crippen molar-refractivity contribution in [3.8, 4) is 0 Å². The van der Waals surface area contributed by atoms with Crippen LogP contribution in [-0.2, 0) is 11.2 Å². The fourth-order valence-corrected chi connectivity index (χ4v) is 1.44. The molecule has 0 aliphatic heterocycles. The van der Waals surface area contributed by atoms with Crippen LogP contribution in [0, 0.1) is 12.8 Å². The van der Waals surface area contributed by atoms with E-state index < -0.39 is 18.0 Å². The van der Waals surface area contributed by atoms with E-state index in [1.807, 2.05) is 0 Å². The van der Waals surface area contributed by atoms with Gasteiger partial charge >= 0.3 is 12.0 Å². The molecule has 2 amide bonds. The maximum atomic E-state index is 11.5. The van der Waals surface area contributed by atoms with E-state index in [1.54, 1.807) is 20.8 Å². The summed E-state index contributed by atoms with van der Waals surface area (Å²) in [5.41, 5.74) is 0. The van der Waals surface area contributed by atoms with Crippen molar-refractivity contribution in [1.29, 1.82) is 0 Å². The Kier molecular flexibility index (Phi) is 5.28. The summed E-state index contributed by atoms with van der Waals surface area (Å²) in [5, 5.41) is 17.5. The van der Waals surface area contributed by atoms with Crippen LogP contribution in [-0.4, -0.2) is 39.8 Å². The Hall–Kier alpha value is -2.12. The Morgan fingerprint density at radius 2 is 2.11 bits per heavy atom. The molecule has 1 rings (SSSR count). The van der Waals surface area contributed by atoms with Gasteiger partial charge in [-0.15, -0.1) is 0 Å². The molecule has 0 radical (unpaired) electrons. The molecule has 0 aliphatic carbocycles. The van der Waals surface area contributed by atoms with Crippen molar-refractivity contribution >= 4 is 12.0 Å². The molecule has 0 spiro atoms. The van der Waals surface area contributed by atoms with Gasteiger partial charge < -0.3 is 20.3 Å². The van der Waals surface area contributed by atoms with Crippen LogP contribution in [0.3, 0.4) is 0 Å². The quantitative estimate of drug-likeness (QED) is 0.685. The van der Waals surface area contributed by atoms with Crippen LogP contribution in [0.1, 0.15) is 25.6 Å². The van der Waals surface area contributed by atoms with E-state index in [0.717, 1.165) is 0 Å². The van der Waals surface area contributed by atoms with Gasteiger partial charge in [0.2, 0.25) is 5.89 Å². The summed E-state index contributed by atoms with van der Waals surface area (Å²) in [6.45, 7) is 5.42. The van der Waals surface area contributed by atoms with Crippen LogP contribution in [0.2, 0.25) is 0 Å². The van der Waals surface area contributed by atoms with E-state index in [1.165, 1.54) is 0 Å². The number of urea groups is 1. The minimum atomic E-state index is -1.06.